The van der Waals surface area contributed by atoms with E-state index in [9.17, 15) is 4.79 Å². The summed E-state index contributed by atoms with van der Waals surface area (Å²) < 4.78 is 11.0. The minimum Gasteiger partial charge on any atom is -0.472 e. The van der Waals surface area contributed by atoms with E-state index in [-0.39, 0.29) is 11.9 Å². The van der Waals surface area contributed by atoms with E-state index in [2.05, 4.69) is 5.32 Å². The Balaban J connectivity index is 1.74. The zero-order valence-corrected chi connectivity index (χ0v) is 12.8. The molecule has 1 unspecified atom stereocenters. The van der Waals surface area contributed by atoms with Gasteiger partial charge in [0.15, 0.2) is 0 Å². The second-order valence-electron chi connectivity index (χ2n) is 5.52. The highest BCUT2D eigenvalue weighted by Crippen LogP contribution is 2.28. The van der Waals surface area contributed by atoms with Crippen LogP contribution in [0.4, 0.5) is 0 Å². The first-order chi connectivity index (χ1) is 11.8. The molecule has 0 bridgehead atoms. The van der Waals surface area contributed by atoms with Gasteiger partial charge in [0.1, 0.15) is 23.6 Å². The molecular weight excluding hydrogens is 302 g/mol. The predicted molar refractivity (Wildman–Crippen MR) is 90.7 cm³/mol. The van der Waals surface area contributed by atoms with Crippen molar-refractivity contribution in [1.82, 2.24) is 5.32 Å². The molecule has 4 rings (SSSR count). The van der Waals surface area contributed by atoms with Crippen molar-refractivity contribution in [2.24, 2.45) is 0 Å². The van der Waals surface area contributed by atoms with Crippen molar-refractivity contribution in [3.63, 3.8) is 0 Å². The SMILES string of the molecule is O=C(NC(c1ccccc1)c1cc2ccccc2o1)c1ccoc1. The maximum absolute atomic E-state index is 12.5. The Morgan fingerprint density at radius 1 is 0.958 bits per heavy atom. The molecule has 118 valence electrons. The summed E-state index contributed by atoms with van der Waals surface area (Å²) in [6.07, 6.45) is 2.91. The first-order valence-electron chi connectivity index (χ1n) is 7.68. The van der Waals surface area contributed by atoms with E-state index >= 15 is 0 Å². The molecule has 0 spiro atoms. The summed E-state index contributed by atoms with van der Waals surface area (Å²) >= 11 is 0. The van der Waals surface area contributed by atoms with Crippen LogP contribution in [-0.2, 0) is 0 Å². The number of para-hydroxylation sites is 1. The lowest BCUT2D eigenvalue weighted by Gasteiger charge is -2.16. The molecule has 4 nitrogen and oxygen atoms in total. The average Bonchev–Trinajstić information content (AvgIpc) is 3.29. The minimum atomic E-state index is -0.374. The molecule has 24 heavy (non-hydrogen) atoms. The first-order valence-corrected chi connectivity index (χ1v) is 7.68. The molecule has 1 amide bonds. The van der Waals surface area contributed by atoms with Crippen LogP contribution >= 0.6 is 0 Å². The smallest absolute Gasteiger partial charge is 0.255 e. The maximum Gasteiger partial charge on any atom is 0.255 e. The Kier molecular flexibility index (Phi) is 3.63. The third kappa shape index (κ3) is 2.70. The van der Waals surface area contributed by atoms with Crippen molar-refractivity contribution in [3.05, 3.63) is 96.1 Å². The number of fused-ring (bicyclic) bond motifs is 1. The number of carbonyl (C=O) groups excluding carboxylic acids is 1. The molecule has 0 radical (unpaired) electrons. The largest absolute Gasteiger partial charge is 0.472 e. The normalized spacial score (nSPS) is 12.2. The van der Waals surface area contributed by atoms with Gasteiger partial charge in [-0.05, 0) is 23.8 Å². The van der Waals surface area contributed by atoms with Crippen molar-refractivity contribution in [2.75, 3.05) is 0 Å². The van der Waals surface area contributed by atoms with Crippen molar-refractivity contribution >= 4 is 16.9 Å². The summed E-state index contributed by atoms with van der Waals surface area (Å²) in [5.41, 5.74) is 2.23. The van der Waals surface area contributed by atoms with Gasteiger partial charge >= 0.3 is 0 Å². The van der Waals surface area contributed by atoms with Crippen LogP contribution in [0.1, 0.15) is 27.7 Å². The highest BCUT2D eigenvalue weighted by Gasteiger charge is 2.21. The Morgan fingerprint density at radius 3 is 2.50 bits per heavy atom. The average molecular weight is 317 g/mol. The van der Waals surface area contributed by atoms with E-state index in [0.29, 0.717) is 11.3 Å². The summed E-state index contributed by atoms with van der Waals surface area (Å²) in [6, 6.07) is 20.8. The molecule has 4 heteroatoms. The van der Waals surface area contributed by atoms with Crippen LogP contribution in [0.2, 0.25) is 0 Å². The number of furan rings is 2. The van der Waals surface area contributed by atoms with Gasteiger partial charge in [0.05, 0.1) is 11.8 Å². The van der Waals surface area contributed by atoms with Gasteiger partial charge < -0.3 is 14.2 Å². The lowest BCUT2D eigenvalue weighted by molar-refractivity contribution is 0.0938. The van der Waals surface area contributed by atoms with E-state index in [0.717, 1.165) is 16.5 Å². The highest BCUT2D eigenvalue weighted by molar-refractivity contribution is 5.94. The molecular formula is C20H15NO3. The number of amides is 1. The summed E-state index contributed by atoms with van der Waals surface area (Å²) in [7, 11) is 0. The molecule has 2 aromatic heterocycles. The van der Waals surface area contributed by atoms with E-state index in [1.54, 1.807) is 6.07 Å². The van der Waals surface area contributed by atoms with Gasteiger partial charge in [0, 0.05) is 5.39 Å². The second-order valence-corrected chi connectivity index (χ2v) is 5.52. The highest BCUT2D eigenvalue weighted by atomic mass is 16.3. The van der Waals surface area contributed by atoms with E-state index < -0.39 is 0 Å². The Labute approximate surface area is 138 Å². The summed E-state index contributed by atoms with van der Waals surface area (Å²) in [4.78, 5) is 12.5. The van der Waals surface area contributed by atoms with Crippen LogP contribution in [0.5, 0.6) is 0 Å². The molecule has 1 atom stereocenters. The predicted octanol–water partition coefficient (Wildman–Crippen LogP) is 4.55. The Bertz CT molecular complexity index is 922. The van der Waals surface area contributed by atoms with Crippen LogP contribution in [0, 0.1) is 0 Å². The molecule has 0 fully saturated rings. The van der Waals surface area contributed by atoms with Crippen LogP contribution < -0.4 is 5.32 Å². The molecule has 4 aromatic rings. The van der Waals surface area contributed by atoms with E-state index in [1.165, 1.54) is 12.5 Å². The summed E-state index contributed by atoms with van der Waals surface area (Å²) in [5, 5.41) is 4.03. The van der Waals surface area contributed by atoms with Crippen molar-refractivity contribution < 1.29 is 13.6 Å². The molecule has 1 N–H and O–H groups in total. The molecule has 0 aliphatic carbocycles. The van der Waals surface area contributed by atoms with Crippen molar-refractivity contribution in [2.45, 2.75) is 6.04 Å². The molecule has 2 heterocycles. The summed E-state index contributed by atoms with van der Waals surface area (Å²) in [5.74, 6) is 0.484. The van der Waals surface area contributed by atoms with Crippen LogP contribution in [0.25, 0.3) is 11.0 Å². The Morgan fingerprint density at radius 2 is 1.75 bits per heavy atom. The number of rotatable bonds is 4. The number of carbonyl (C=O) groups is 1. The van der Waals surface area contributed by atoms with Crippen molar-refractivity contribution in [3.8, 4) is 0 Å². The number of hydrogen-bond acceptors (Lipinski definition) is 3. The molecule has 0 saturated heterocycles. The van der Waals surface area contributed by atoms with Gasteiger partial charge in [-0.15, -0.1) is 0 Å². The molecule has 2 aromatic carbocycles. The van der Waals surface area contributed by atoms with Crippen LogP contribution in [0.15, 0.2) is 88.1 Å². The first kappa shape index (κ1) is 14.3. The van der Waals surface area contributed by atoms with Gasteiger partial charge in [-0.3, -0.25) is 4.79 Å². The fourth-order valence-corrected chi connectivity index (χ4v) is 2.72. The van der Waals surface area contributed by atoms with Gasteiger partial charge in [-0.1, -0.05) is 48.5 Å². The molecule has 0 saturated carbocycles. The standard InChI is InChI=1S/C20H15NO3/c22-20(16-10-11-23-13-16)21-19(14-6-2-1-3-7-14)18-12-15-8-4-5-9-17(15)24-18/h1-13,19H,(H,21,22). The lowest BCUT2D eigenvalue weighted by atomic mass is 10.0. The van der Waals surface area contributed by atoms with Crippen LogP contribution in [0.3, 0.4) is 0 Å². The van der Waals surface area contributed by atoms with E-state index in [1.807, 2.05) is 60.7 Å². The Hall–Kier alpha value is -3.27. The quantitative estimate of drug-likeness (QED) is 0.601. The number of nitrogens with one attached hydrogen (secondary N) is 1. The van der Waals surface area contributed by atoms with Gasteiger partial charge in [0.2, 0.25) is 0 Å². The third-order valence-corrected chi connectivity index (χ3v) is 3.92. The van der Waals surface area contributed by atoms with Gasteiger partial charge in [-0.2, -0.15) is 0 Å². The zero-order valence-electron chi connectivity index (χ0n) is 12.8. The molecule has 0 aliphatic rings. The second kappa shape index (κ2) is 6.08. The fraction of sp³-hybridized carbons (Fsp3) is 0.0500. The fourth-order valence-electron chi connectivity index (χ4n) is 2.72. The van der Waals surface area contributed by atoms with Crippen LogP contribution in [-0.4, -0.2) is 5.91 Å². The monoisotopic (exact) mass is 317 g/mol. The van der Waals surface area contributed by atoms with Crippen molar-refractivity contribution in [1.29, 1.82) is 0 Å². The molecule has 0 aliphatic heterocycles. The maximum atomic E-state index is 12.5. The number of hydrogen-bond donors (Lipinski definition) is 1. The minimum absolute atomic E-state index is 0.210. The number of benzene rings is 2. The third-order valence-electron chi connectivity index (χ3n) is 3.92. The van der Waals surface area contributed by atoms with Gasteiger partial charge in [0.25, 0.3) is 5.91 Å². The van der Waals surface area contributed by atoms with Gasteiger partial charge in [-0.25, -0.2) is 0 Å². The topological polar surface area (TPSA) is 55.4 Å². The lowest BCUT2D eigenvalue weighted by Crippen LogP contribution is -2.28. The zero-order chi connectivity index (χ0) is 16.4. The van der Waals surface area contributed by atoms with E-state index in [4.69, 9.17) is 8.83 Å². The summed E-state index contributed by atoms with van der Waals surface area (Å²) in [6.45, 7) is 0.